The van der Waals surface area contributed by atoms with E-state index in [-0.39, 0.29) is 30.0 Å². The molecule has 6 nitrogen and oxygen atoms in total. The molecule has 1 aliphatic rings. The van der Waals surface area contributed by atoms with Gasteiger partial charge in [-0.05, 0) is 26.8 Å². The van der Waals surface area contributed by atoms with Crippen LogP contribution in [0, 0.1) is 5.92 Å². The lowest BCUT2D eigenvalue weighted by molar-refractivity contribution is 0.0925. The molecule has 2 N–H and O–H groups in total. The van der Waals surface area contributed by atoms with Crippen LogP contribution in [-0.2, 0) is 4.74 Å². The van der Waals surface area contributed by atoms with Gasteiger partial charge in [0, 0.05) is 51.9 Å². The Morgan fingerprint density at radius 1 is 1.17 bits per heavy atom. The van der Waals surface area contributed by atoms with Crippen LogP contribution in [-0.4, -0.2) is 87.9 Å². The molecule has 1 aliphatic heterocycles. The first-order valence-electron chi connectivity index (χ1n) is 8.94. The monoisotopic (exact) mass is 455 g/mol. The largest absolute Gasteiger partial charge is 0.383 e. The maximum atomic E-state index is 5.19. The van der Waals surface area contributed by atoms with E-state index in [1.54, 1.807) is 7.11 Å². The van der Waals surface area contributed by atoms with Gasteiger partial charge in [-0.2, -0.15) is 0 Å². The molecule has 144 valence electrons. The van der Waals surface area contributed by atoms with Gasteiger partial charge in [-0.3, -0.25) is 9.89 Å². The minimum absolute atomic E-state index is 0. The van der Waals surface area contributed by atoms with E-state index in [0.717, 1.165) is 45.2 Å². The van der Waals surface area contributed by atoms with E-state index in [9.17, 15) is 0 Å². The van der Waals surface area contributed by atoms with Crippen LogP contribution in [0.3, 0.4) is 0 Å². The molecule has 0 aromatic rings. The molecule has 1 rings (SSSR count). The second kappa shape index (κ2) is 13.1. The van der Waals surface area contributed by atoms with E-state index in [1.165, 1.54) is 0 Å². The normalized spacial score (nSPS) is 19.7. The van der Waals surface area contributed by atoms with Crippen LogP contribution in [0.5, 0.6) is 0 Å². The van der Waals surface area contributed by atoms with Gasteiger partial charge < -0.3 is 20.3 Å². The zero-order valence-electron chi connectivity index (χ0n) is 16.3. The predicted molar refractivity (Wildman–Crippen MR) is 114 cm³/mol. The van der Waals surface area contributed by atoms with Gasteiger partial charge in [-0.15, -0.1) is 24.0 Å². The Morgan fingerprint density at radius 3 is 2.29 bits per heavy atom. The van der Waals surface area contributed by atoms with Gasteiger partial charge >= 0.3 is 0 Å². The van der Waals surface area contributed by atoms with Gasteiger partial charge in [-0.25, -0.2) is 0 Å². The number of ether oxygens (including phenoxy) is 1. The van der Waals surface area contributed by atoms with Gasteiger partial charge in [-0.1, -0.05) is 13.8 Å². The summed E-state index contributed by atoms with van der Waals surface area (Å²) in [6, 6.07) is 0.746. The number of guanidine groups is 1. The summed E-state index contributed by atoms with van der Waals surface area (Å²) in [4.78, 5) is 9.83. The quantitative estimate of drug-likeness (QED) is 0.330. The fourth-order valence-corrected chi connectivity index (χ4v) is 2.93. The zero-order valence-corrected chi connectivity index (χ0v) is 18.7. The number of halogens is 1. The maximum absolute atomic E-state index is 5.19. The predicted octanol–water partition coefficient (Wildman–Crippen LogP) is 1.47. The average molecular weight is 455 g/mol. The molecule has 24 heavy (non-hydrogen) atoms. The lowest BCUT2D eigenvalue weighted by Gasteiger charge is -2.39. The molecule has 7 heteroatoms. The molecule has 0 aromatic carbocycles. The first-order valence-corrected chi connectivity index (χ1v) is 8.94. The molecule has 2 atom stereocenters. The minimum Gasteiger partial charge on any atom is -0.383 e. The summed E-state index contributed by atoms with van der Waals surface area (Å²) < 4.78 is 5.19. The third-order valence-corrected chi connectivity index (χ3v) is 4.36. The summed E-state index contributed by atoms with van der Waals surface area (Å²) in [5, 5.41) is 6.74. The number of likely N-dealkylation sites (N-methyl/N-ethyl adjacent to an activating group) is 1. The molecular formula is C17H38IN5O. The van der Waals surface area contributed by atoms with Crippen molar-refractivity contribution in [3.05, 3.63) is 0 Å². The molecule has 0 bridgehead atoms. The first-order chi connectivity index (χ1) is 11.0. The molecule has 0 spiro atoms. The smallest absolute Gasteiger partial charge is 0.191 e. The van der Waals surface area contributed by atoms with Crippen LogP contribution < -0.4 is 10.6 Å². The van der Waals surface area contributed by atoms with E-state index in [1.807, 2.05) is 0 Å². The lowest BCUT2D eigenvalue weighted by Crippen LogP contribution is -2.52. The Bertz CT molecular complexity index is 346. The number of rotatable bonds is 8. The van der Waals surface area contributed by atoms with Crippen molar-refractivity contribution >= 4 is 29.9 Å². The first kappa shape index (κ1) is 23.9. The molecule has 0 saturated carbocycles. The second-order valence-electron chi connectivity index (χ2n) is 6.87. The van der Waals surface area contributed by atoms with Crippen LogP contribution in [0.25, 0.3) is 0 Å². The van der Waals surface area contributed by atoms with E-state index >= 15 is 0 Å². The Balaban J connectivity index is 0.00000529. The van der Waals surface area contributed by atoms with E-state index in [4.69, 9.17) is 9.73 Å². The summed E-state index contributed by atoms with van der Waals surface area (Å²) >= 11 is 0. The van der Waals surface area contributed by atoms with Crippen molar-refractivity contribution < 1.29 is 4.74 Å². The van der Waals surface area contributed by atoms with Crippen LogP contribution in [0.2, 0.25) is 0 Å². The minimum atomic E-state index is 0. The summed E-state index contributed by atoms with van der Waals surface area (Å²) in [7, 11) is 3.93. The summed E-state index contributed by atoms with van der Waals surface area (Å²) in [5.41, 5.74) is 0. The van der Waals surface area contributed by atoms with Gasteiger partial charge in [0.05, 0.1) is 13.2 Å². The highest BCUT2D eigenvalue weighted by molar-refractivity contribution is 14.0. The number of piperazine rings is 1. The van der Waals surface area contributed by atoms with Crippen LogP contribution in [0.4, 0.5) is 0 Å². The van der Waals surface area contributed by atoms with Crippen molar-refractivity contribution in [2.45, 2.75) is 39.8 Å². The highest BCUT2D eigenvalue weighted by Gasteiger charge is 2.24. The van der Waals surface area contributed by atoms with Crippen LogP contribution in [0.15, 0.2) is 4.99 Å². The zero-order chi connectivity index (χ0) is 17.2. The van der Waals surface area contributed by atoms with Crippen molar-refractivity contribution in [2.75, 3.05) is 60.0 Å². The fraction of sp³-hybridized carbons (Fsp3) is 0.941. The van der Waals surface area contributed by atoms with Crippen molar-refractivity contribution in [3.63, 3.8) is 0 Å². The standard InChI is InChI=1S/C17H37N5O.HI/c1-7-18-17(20-15(4)13-23-6)19-12-16(14(2)3)22-10-8-21(5)9-11-22;/h14-16H,7-13H2,1-6H3,(H2,18,19,20);1H. The average Bonchev–Trinajstić information content (AvgIpc) is 2.49. The fourth-order valence-electron chi connectivity index (χ4n) is 2.93. The molecule has 0 radical (unpaired) electrons. The van der Waals surface area contributed by atoms with E-state index in [2.05, 4.69) is 55.2 Å². The third kappa shape index (κ3) is 8.82. The lowest BCUT2D eigenvalue weighted by atomic mass is 10.0. The highest BCUT2D eigenvalue weighted by atomic mass is 127. The van der Waals surface area contributed by atoms with Crippen LogP contribution >= 0.6 is 24.0 Å². The van der Waals surface area contributed by atoms with Crippen molar-refractivity contribution in [2.24, 2.45) is 10.9 Å². The molecular weight excluding hydrogens is 417 g/mol. The summed E-state index contributed by atoms with van der Waals surface area (Å²) in [6.07, 6.45) is 0. The van der Waals surface area contributed by atoms with Crippen molar-refractivity contribution in [3.8, 4) is 0 Å². The Morgan fingerprint density at radius 2 is 1.79 bits per heavy atom. The molecule has 0 aromatic heterocycles. The number of aliphatic imine (C=N–C) groups is 1. The van der Waals surface area contributed by atoms with Crippen LogP contribution in [0.1, 0.15) is 27.7 Å². The van der Waals surface area contributed by atoms with E-state index < -0.39 is 0 Å². The molecule has 1 heterocycles. The Kier molecular flexibility index (Phi) is 13.1. The Hall–Kier alpha value is -0.120. The number of hydrogen-bond acceptors (Lipinski definition) is 4. The molecule has 2 unspecified atom stereocenters. The Labute approximate surface area is 165 Å². The van der Waals surface area contributed by atoms with Gasteiger partial charge in [0.1, 0.15) is 0 Å². The molecule has 1 saturated heterocycles. The van der Waals surface area contributed by atoms with E-state index in [0.29, 0.717) is 18.6 Å². The maximum Gasteiger partial charge on any atom is 0.191 e. The second-order valence-corrected chi connectivity index (χ2v) is 6.87. The molecule has 0 aliphatic carbocycles. The topological polar surface area (TPSA) is 52.1 Å². The van der Waals surface area contributed by atoms with Crippen molar-refractivity contribution in [1.82, 2.24) is 20.4 Å². The molecule has 0 amide bonds. The third-order valence-electron chi connectivity index (χ3n) is 4.36. The van der Waals surface area contributed by atoms with Gasteiger partial charge in [0.15, 0.2) is 5.96 Å². The summed E-state index contributed by atoms with van der Waals surface area (Å²) in [6.45, 7) is 15.7. The number of hydrogen-bond donors (Lipinski definition) is 2. The summed E-state index contributed by atoms with van der Waals surface area (Å²) in [5.74, 6) is 1.48. The van der Waals surface area contributed by atoms with Gasteiger partial charge in [0.2, 0.25) is 0 Å². The SMILES string of the molecule is CCNC(=NCC(C(C)C)N1CCN(C)CC1)NC(C)COC.I. The number of nitrogens with one attached hydrogen (secondary N) is 2. The highest BCUT2D eigenvalue weighted by Crippen LogP contribution is 2.14. The number of nitrogens with zero attached hydrogens (tertiary/aromatic N) is 3. The van der Waals surface area contributed by atoms with Crippen molar-refractivity contribution in [1.29, 1.82) is 0 Å². The molecule has 1 fully saturated rings. The number of methoxy groups -OCH3 is 1. The van der Waals surface area contributed by atoms with Gasteiger partial charge in [0.25, 0.3) is 0 Å².